The highest BCUT2D eigenvalue weighted by molar-refractivity contribution is 7.92. The largest absolute Gasteiger partial charge is 0.472 e. The fraction of sp³-hybridized carbons (Fsp3) is 0.511. The highest BCUT2D eigenvalue weighted by Gasteiger charge is 2.41. The minimum atomic E-state index is -4.32. The number of ether oxygens (including phenoxy) is 3. The fourth-order valence-electron chi connectivity index (χ4n) is 6.46. The lowest BCUT2D eigenvalue weighted by atomic mass is 9.75. The van der Waals surface area contributed by atoms with Gasteiger partial charge in [0.1, 0.15) is 26.4 Å². The quantitative estimate of drug-likeness (QED) is 0.0330. The lowest BCUT2D eigenvalue weighted by Crippen LogP contribution is -2.38. The van der Waals surface area contributed by atoms with Gasteiger partial charge in [-0.25, -0.2) is 21.4 Å². The molecular weight excluding hydrogens is 904 g/mol. The Labute approximate surface area is 383 Å². The maximum Gasteiger partial charge on any atom is 0.472 e. The molecule has 3 rings (SSSR count). The lowest BCUT2D eigenvalue weighted by molar-refractivity contribution is -0.870. The van der Waals surface area contributed by atoms with Gasteiger partial charge in [-0.05, 0) is 84.4 Å². The Kier molecular flexibility index (Phi) is 19.8. The number of hydrogen-bond acceptors (Lipinski definition) is 14. The van der Waals surface area contributed by atoms with Crippen LogP contribution in [-0.2, 0) is 57.1 Å². The minimum Gasteiger partial charge on any atom is -0.463 e. The van der Waals surface area contributed by atoms with Crippen LogP contribution >= 0.6 is 7.82 Å². The zero-order valence-corrected chi connectivity index (χ0v) is 41.2. The Hall–Kier alpha value is -4.33. The summed E-state index contributed by atoms with van der Waals surface area (Å²) in [6.07, 6.45) is 0.0552. The van der Waals surface area contributed by atoms with Gasteiger partial charge in [0.05, 0.1) is 79.0 Å². The molecule has 1 amide bonds. The number of ketones is 1. The van der Waals surface area contributed by atoms with Crippen molar-refractivity contribution < 1.29 is 73.2 Å². The molecule has 0 saturated carbocycles. The fourth-order valence-corrected chi connectivity index (χ4v) is 10.4. The number of rotatable bonds is 27. The lowest BCUT2D eigenvalue weighted by Gasteiger charge is -2.31. The van der Waals surface area contributed by atoms with E-state index in [0.29, 0.717) is 11.0 Å². The van der Waals surface area contributed by atoms with Crippen LogP contribution in [0.5, 0.6) is 0 Å². The molecule has 1 atom stereocenters. The van der Waals surface area contributed by atoms with Gasteiger partial charge in [-0.3, -0.25) is 28.2 Å². The van der Waals surface area contributed by atoms with Gasteiger partial charge >= 0.3 is 19.8 Å². The topological polar surface area (TPSA) is 232 Å². The van der Waals surface area contributed by atoms with Crippen molar-refractivity contribution in [2.75, 3.05) is 85.4 Å². The van der Waals surface area contributed by atoms with Gasteiger partial charge in [0.15, 0.2) is 25.5 Å². The van der Waals surface area contributed by atoms with E-state index in [9.17, 15) is 45.5 Å². The number of phosphoric acid groups is 1. The zero-order valence-electron chi connectivity index (χ0n) is 38.7. The van der Waals surface area contributed by atoms with Gasteiger partial charge in [0, 0.05) is 17.7 Å². The first kappa shape index (κ1) is 55.0. The molecule has 0 aliphatic carbocycles. The molecule has 0 fully saturated rings. The summed E-state index contributed by atoms with van der Waals surface area (Å²) in [6, 6.07) is 17.6. The van der Waals surface area contributed by atoms with Crippen molar-refractivity contribution in [3.8, 4) is 0 Å². The number of phosphoric ester groups is 1. The third kappa shape index (κ3) is 18.5. The average Bonchev–Trinajstić information content (AvgIpc) is 3.20. The van der Waals surface area contributed by atoms with E-state index in [1.165, 1.54) is 48.5 Å². The molecule has 17 nitrogen and oxygen atoms in total. The summed E-state index contributed by atoms with van der Waals surface area (Å²) >= 11 is 0. The van der Waals surface area contributed by atoms with Crippen LogP contribution in [0.3, 0.4) is 0 Å². The van der Waals surface area contributed by atoms with Crippen molar-refractivity contribution >= 4 is 51.1 Å². The first-order valence-corrected chi connectivity index (χ1v) is 25.7. The van der Waals surface area contributed by atoms with Gasteiger partial charge in [-0.1, -0.05) is 47.5 Å². The highest BCUT2D eigenvalue weighted by Crippen LogP contribution is 2.43. The first-order valence-electron chi connectivity index (χ1n) is 20.9. The van der Waals surface area contributed by atoms with Crippen LogP contribution in [0.1, 0.15) is 66.0 Å². The summed E-state index contributed by atoms with van der Waals surface area (Å²) in [4.78, 5) is 62.2. The Morgan fingerprint density at radius 2 is 1.08 bits per heavy atom. The maximum atomic E-state index is 13.8. The number of aryl methyl sites for hydroxylation is 2. The van der Waals surface area contributed by atoms with E-state index in [0.717, 1.165) is 11.1 Å². The standard InChI is InChI=1S/C45H63N2O15PS2/c1-33-10-18-38(19-11-33)64(54,55)30-37(31-65(56,57)39-20-12-34(2)13-21-39)40(48)35-14-16-36(17-15-35)41(49)46-22-24-58-26-27-59-42(50)44(3,4)32-45(5,6)43(51)60-28-29-62-63(52,53)61-25-23-47(7,8)9/h10-21,37H,22-32H2,1-9H3,(H-,46,49,52,53)/p+1. The smallest absolute Gasteiger partial charge is 0.463 e. The highest BCUT2D eigenvalue weighted by atomic mass is 32.2. The van der Waals surface area contributed by atoms with E-state index in [1.54, 1.807) is 65.8 Å². The van der Waals surface area contributed by atoms with Crippen molar-refractivity contribution in [2.45, 2.75) is 57.8 Å². The van der Waals surface area contributed by atoms with E-state index in [1.807, 2.05) is 21.1 Å². The van der Waals surface area contributed by atoms with Gasteiger partial charge in [0.2, 0.25) is 0 Å². The van der Waals surface area contributed by atoms with Crippen LogP contribution in [0.4, 0.5) is 0 Å². The van der Waals surface area contributed by atoms with Crippen LogP contribution in [0.25, 0.3) is 0 Å². The molecule has 0 spiro atoms. The number of benzene rings is 3. The van der Waals surface area contributed by atoms with Gasteiger partial charge in [0.25, 0.3) is 5.91 Å². The second kappa shape index (κ2) is 23.4. The van der Waals surface area contributed by atoms with Gasteiger partial charge in [-0.2, -0.15) is 0 Å². The number of hydrogen-bond donors (Lipinski definition) is 2. The number of sulfone groups is 2. The summed E-state index contributed by atoms with van der Waals surface area (Å²) in [6.45, 7) is 9.87. The van der Waals surface area contributed by atoms with Crippen molar-refractivity contribution in [1.29, 1.82) is 0 Å². The molecule has 1 unspecified atom stereocenters. The van der Waals surface area contributed by atoms with E-state index in [-0.39, 0.29) is 73.5 Å². The molecule has 0 aliphatic heterocycles. The predicted molar refractivity (Wildman–Crippen MR) is 243 cm³/mol. The minimum absolute atomic E-state index is 0.00210. The normalized spacial score (nSPS) is 13.5. The molecule has 360 valence electrons. The number of Topliss-reactive ketones (excluding diaryl/α,β-unsaturated/α-hetero) is 1. The third-order valence-electron chi connectivity index (χ3n) is 9.97. The molecular formula is C45H64N2O15PS2+. The molecule has 0 aromatic heterocycles. The number of carbonyl (C=O) groups is 4. The molecule has 0 bridgehead atoms. The summed E-state index contributed by atoms with van der Waals surface area (Å²) in [5, 5.41) is 2.68. The number of esters is 2. The van der Waals surface area contributed by atoms with Crippen molar-refractivity contribution in [1.82, 2.24) is 5.32 Å². The van der Waals surface area contributed by atoms with Crippen LogP contribution in [-0.4, -0.2) is 135 Å². The SMILES string of the molecule is Cc1ccc(S(=O)(=O)CC(CS(=O)(=O)c2ccc(C)cc2)C(=O)c2ccc(C(=O)NCCOCCOC(=O)C(C)(C)CC(C)(C)C(=O)OCCOP(=O)(O)OCC[N+](C)(C)C)cc2)cc1. The molecule has 0 saturated heterocycles. The number of nitrogens with zero attached hydrogens (tertiary/aromatic N) is 1. The van der Waals surface area contributed by atoms with E-state index < -0.39 is 79.4 Å². The summed E-state index contributed by atoms with van der Waals surface area (Å²) in [5.41, 5.74) is -0.364. The molecule has 0 heterocycles. The molecule has 20 heteroatoms. The predicted octanol–water partition coefficient (Wildman–Crippen LogP) is 5.17. The van der Waals surface area contributed by atoms with Gasteiger partial charge < -0.3 is 28.9 Å². The van der Waals surface area contributed by atoms with Crippen molar-refractivity contribution in [3.05, 3.63) is 95.1 Å². The average molecular weight is 968 g/mol. The summed E-state index contributed by atoms with van der Waals surface area (Å²) in [5.74, 6) is -5.39. The molecule has 0 aliphatic rings. The first-order chi connectivity index (χ1) is 30.0. The molecule has 3 aromatic rings. The number of likely N-dealkylation sites (N-methyl/N-ethyl adjacent to an activating group) is 1. The molecule has 2 N–H and O–H groups in total. The monoisotopic (exact) mass is 967 g/mol. The number of carbonyl (C=O) groups excluding carboxylic acids is 4. The van der Waals surface area contributed by atoms with Crippen LogP contribution in [0.2, 0.25) is 0 Å². The van der Waals surface area contributed by atoms with Crippen molar-refractivity contribution in [3.63, 3.8) is 0 Å². The Bertz CT molecular complexity index is 2280. The van der Waals surface area contributed by atoms with E-state index >= 15 is 0 Å². The summed E-state index contributed by atoms with van der Waals surface area (Å²) in [7, 11) is -6.79. The number of nitrogens with one attached hydrogen (secondary N) is 1. The molecule has 65 heavy (non-hydrogen) atoms. The second-order valence-electron chi connectivity index (χ2n) is 18.1. The van der Waals surface area contributed by atoms with Crippen LogP contribution in [0, 0.1) is 30.6 Å². The maximum absolute atomic E-state index is 13.8. The Balaban J connectivity index is 1.46. The third-order valence-corrected chi connectivity index (χ3v) is 14.7. The van der Waals surface area contributed by atoms with Crippen molar-refractivity contribution in [2.24, 2.45) is 16.7 Å². The van der Waals surface area contributed by atoms with Crippen LogP contribution in [0.15, 0.2) is 82.6 Å². The number of amides is 1. The molecule has 0 radical (unpaired) electrons. The zero-order chi connectivity index (χ0) is 48.9. The Morgan fingerprint density at radius 1 is 0.646 bits per heavy atom. The van der Waals surface area contributed by atoms with Crippen LogP contribution < -0.4 is 5.32 Å². The van der Waals surface area contributed by atoms with Gasteiger partial charge in [-0.15, -0.1) is 0 Å². The summed E-state index contributed by atoms with van der Waals surface area (Å²) < 4.78 is 92.3. The molecule has 3 aromatic carbocycles. The second-order valence-corrected chi connectivity index (χ2v) is 23.6. The van der Waals surface area contributed by atoms with E-state index in [2.05, 4.69) is 5.32 Å². The van der Waals surface area contributed by atoms with E-state index in [4.69, 9.17) is 23.3 Å². The Morgan fingerprint density at radius 3 is 1.54 bits per heavy atom. The number of quaternary nitrogens is 1.